The van der Waals surface area contributed by atoms with Gasteiger partial charge in [0, 0.05) is 49.2 Å². The first kappa shape index (κ1) is 14.0. The molecule has 0 atom stereocenters. The lowest BCUT2D eigenvalue weighted by atomic mass is 10.6. The number of rotatable bonds is 2. The van der Waals surface area contributed by atoms with E-state index in [1.54, 1.807) is 0 Å². The van der Waals surface area contributed by atoms with Crippen molar-refractivity contribution >= 4 is 39.4 Å². The van der Waals surface area contributed by atoms with Gasteiger partial charge in [0.1, 0.15) is 20.5 Å². The van der Waals surface area contributed by atoms with E-state index in [4.69, 9.17) is 4.94 Å². The largest absolute Gasteiger partial charge is 0.208 e. The Balaban J connectivity index is 1.76. The summed E-state index contributed by atoms with van der Waals surface area (Å²) >= 11 is 0. The zero-order valence-corrected chi connectivity index (χ0v) is 12.7. The fourth-order valence-electron chi connectivity index (χ4n) is 1.70. The molecule has 100 valence electrons. The molecule has 0 amide bonds. The van der Waals surface area contributed by atoms with Crippen LogP contribution >= 0.6 is 0 Å². The molecule has 0 unspecified atom stereocenters. The minimum absolute atomic E-state index is 0.00836. The first-order valence-corrected chi connectivity index (χ1v) is 11.1. The molecular formula is C8H16N2O3S4. The average Bonchev–Trinajstić information content (AvgIpc) is 2.40. The van der Waals surface area contributed by atoms with Crippen LogP contribution in [0.5, 0.6) is 0 Å². The number of hydrogen-bond donors (Lipinski definition) is 0. The highest BCUT2D eigenvalue weighted by Gasteiger charge is 2.20. The summed E-state index contributed by atoms with van der Waals surface area (Å²) in [5, 5.41) is 3.90. The first-order valence-electron chi connectivity index (χ1n) is 5.45. The molecule has 9 heteroatoms. The molecule has 0 radical (unpaired) electrons. The van der Waals surface area contributed by atoms with E-state index in [2.05, 4.69) is 0 Å². The maximum absolute atomic E-state index is 10.7. The molecule has 2 saturated heterocycles. The molecule has 0 aromatic rings. The molecule has 0 aromatic heterocycles. The zero-order valence-electron chi connectivity index (χ0n) is 9.41. The quantitative estimate of drug-likeness (QED) is 0.651. The molecular weight excluding hydrogens is 300 g/mol. The topological polar surface area (TPSA) is 49.9 Å². The van der Waals surface area contributed by atoms with Crippen LogP contribution in [0.15, 0.2) is 0 Å². The Morgan fingerprint density at radius 2 is 1.12 bits per heavy atom. The molecule has 17 heavy (non-hydrogen) atoms. The lowest BCUT2D eigenvalue weighted by Crippen LogP contribution is -2.46. The van der Waals surface area contributed by atoms with Crippen LogP contribution in [0.3, 0.4) is 0 Å². The Labute approximate surface area is 112 Å². The fourth-order valence-corrected chi connectivity index (χ4v) is 5.73. The van der Waals surface area contributed by atoms with Crippen molar-refractivity contribution in [3.63, 3.8) is 0 Å². The van der Waals surface area contributed by atoms with Gasteiger partial charge in [0.15, 0.2) is 0 Å². The molecule has 2 fully saturated rings. The van der Waals surface area contributed by atoms with E-state index in [9.17, 15) is 8.42 Å². The van der Waals surface area contributed by atoms with Gasteiger partial charge in [-0.2, -0.15) is 10.1 Å². The molecule has 0 bridgehead atoms. The van der Waals surface area contributed by atoms with Gasteiger partial charge in [-0.05, 0) is 0 Å². The number of hydroxylamine groups is 4. The van der Waals surface area contributed by atoms with Gasteiger partial charge in [0.2, 0.25) is 0 Å². The van der Waals surface area contributed by atoms with Gasteiger partial charge < -0.3 is 0 Å². The van der Waals surface area contributed by atoms with Crippen LogP contribution in [-0.4, -0.2) is 67.7 Å². The third-order valence-electron chi connectivity index (χ3n) is 2.70. The Kier molecular flexibility index (Phi) is 6.00. The van der Waals surface area contributed by atoms with Crippen LogP contribution in [0.2, 0.25) is 0 Å². The second-order valence-electron chi connectivity index (χ2n) is 3.77. The van der Waals surface area contributed by atoms with Gasteiger partial charge in [-0.15, -0.1) is 0 Å². The highest BCUT2D eigenvalue weighted by Crippen LogP contribution is 2.07. The summed E-state index contributed by atoms with van der Waals surface area (Å²) in [6, 6.07) is 0. The molecule has 0 saturated carbocycles. The fraction of sp³-hybridized carbons (Fsp3) is 1.00. The van der Waals surface area contributed by atoms with Gasteiger partial charge >= 0.3 is 0 Å². The summed E-state index contributed by atoms with van der Waals surface area (Å²) in [7, 11) is 1.47. The second-order valence-corrected chi connectivity index (χ2v) is 11.1. The summed E-state index contributed by atoms with van der Waals surface area (Å²) < 4.78 is 21.4. The van der Waals surface area contributed by atoms with Crippen molar-refractivity contribution in [3.05, 3.63) is 0 Å². The summed E-state index contributed by atoms with van der Waals surface area (Å²) in [5.41, 5.74) is 0. The monoisotopic (exact) mass is 316 g/mol. The van der Waals surface area contributed by atoms with Crippen LogP contribution in [-0.2, 0) is 44.3 Å². The summed E-state index contributed by atoms with van der Waals surface area (Å²) in [5.74, 6) is 3.73. The maximum atomic E-state index is 10.7. The van der Waals surface area contributed by atoms with Gasteiger partial charge in [-0.3, -0.25) is 0 Å². The summed E-state index contributed by atoms with van der Waals surface area (Å²) in [4.78, 5) is 5.77. The number of hydrogen-bond acceptors (Lipinski definition) is 5. The lowest BCUT2D eigenvalue weighted by molar-refractivity contribution is -0.319. The summed E-state index contributed by atoms with van der Waals surface area (Å²) in [6.07, 6.45) is 0. The van der Waals surface area contributed by atoms with Gasteiger partial charge in [0.05, 0.1) is 0 Å². The smallest absolute Gasteiger partial charge is 0.120 e. The predicted octanol–water partition coefficient (Wildman–Crippen LogP) is -1.04. The summed E-state index contributed by atoms with van der Waals surface area (Å²) in [6.45, 7) is 3.38. The Bertz CT molecular complexity index is 336. The molecule has 0 aromatic carbocycles. The van der Waals surface area contributed by atoms with Crippen LogP contribution in [0, 0.1) is 0 Å². The van der Waals surface area contributed by atoms with Crippen molar-refractivity contribution in [1.29, 1.82) is 0 Å². The molecule has 2 rings (SSSR count). The third kappa shape index (κ3) is 4.34. The highest BCUT2D eigenvalue weighted by atomic mass is 32.8. The first-order chi connectivity index (χ1) is 8.31. The maximum Gasteiger partial charge on any atom is 0.120 e. The van der Waals surface area contributed by atoms with Crippen molar-refractivity contribution in [2.24, 2.45) is 0 Å². The van der Waals surface area contributed by atoms with Crippen LogP contribution in [0.4, 0.5) is 0 Å². The average molecular weight is 316 g/mol. The van der Waals surface area contributed by atoms with E-state index in [1.165, 1.54) is 0 Å². The molecule has 2 aliphatic heterocycles. The minimum atomic E-state index is -0.00836. The van der Waals surface area contributed by atoms with Crippen molar-refractivity contribution < 1.29 is 13.4 Å². The van der Waals surface area contributed by atoms with Crippen molar-refractivity contribution in [2.45, 2.75) is 0 Å². The van der Waals surface area contributed by atoms with E-state index < -0.39 is 0 Å². The molecule has 2 aliphatic rings. The Morgan fingerprint density at radius 1 is 0.765 bits per heavy atom. The SMILES string of the molecule is O=S=S1CCN(ON2CCS(=S=O)CC2)CC1. The van der Waals surface area contributed by atoms with Gasteiger partial charge in [-0.25, -0.2) is 13.4 Å². The van der Waals surface area contributed by atoms with Crippen molar-refractivity contribution in [2.75, 3.05) is 49.2 Å². The van der Waals surface area contributed by atoms with E-state index in [-0.39, 0.29) is 18.9 Å². The normalized spacial score (nSPS) is 25.9. The Morgan fingerprint density at radius 3 is 1.41 bits per heavy atom. The number of nitrogens with zero attached hydrogens (tertiary/aromatic N) is 2. The molecule has 5 nitrogen and oxygen atoms in total. The predicted molar refractivity (Wildman–Crippen MR) is 74.7 cm³/mol. The van der Waals surface area contributed by atoms with Crippen LogP contribution in [0.1, 0.15) is 0 Å². The zero-order chi connectivity index (χ0) is 12.1. The third-order valence-corrected chi connectivity index (χ3v) is 8.79. The lowest BCUT2D eigenvalue weighted by Gasteiger charge is -2.33. The van der Waals surface area contributed by atoms with E-state index in [0.29, 0.717) is 0 Å². The van der Waals surface area contributed by atoms with Crippen LogP contribution in [0.25, 0.3) is 0 Å². The van der Waals surface area contributed by atoms with Crippen molar-refractivity contribution in [3.8, 4) is 0 Å². The van der Waals surface area contributed by atoms with E-state index >= 15 is 0 Å². The van der Waals surface area contributed by atoms with Crippen LogP contribution < -0.4 is 0 Å². The van der Waals surface area contributed by atoms with Gasteiger partial charge in [-0.1, -0.05) is 18.9 Å². The Hall–Kier alpha value is 0.620. The second kappa shape index (κ2) is 7.27. The molecule has 0 N–H and O–H groups in total. The van der Waals surface area contributed by atoms with E-state index in [0.717, 1.165) is 69.6 Å². The highest BCUT2D eigenvalue weighted by molar-refractivity contribution is 8.31. The minimum Gasteiger partial charge on any atom is -0.208 e. The molecule has 0 spiro atoms. The molecule has 2 heterocycles. The molecule has 0 aliphatic carbocycles. The van der Waals surface area contributed by atoms with Crippen molar-refractivity contribution in [1.82, 2.24) is 10.1 Å². The van der Waals surface area contributed by atoms with E-state index in [1.807, 2.05) is 10.1 Å². The van der Waals surface area contributed by atoms with Gasteiger partial charge in [0.25, 0.3) is 0 Å². The standard InChI is InChI=1S/C8H16N2O3S4/c11-14-16-5-1-9(2-6-16)13-10-3-7-17(15-12)8-4-10/h1-8H2.